The molecular formula is C35H62N12O10. The summed E-state index contributed by atoms with van der Waals surface area (Å²) in [6.45, 7) is 5.71. The van der Waals surface area contributed by atoms with E-state index in [1.54, 1.807) is 0 Å². The third-order valence-corrected chi connectivity index (χ3v) is 8.57. The van der Waals surface area contributed by atoms with E-state index in [9.17, 15) is 43.5 Å². The number of imidazole rings is 1. The highest BCUT2D eigenvalue weighted by atomic mass is 16.4. The van der Waals surface area contributed by atoms with Gasteiger partial charge in [-0.1, -0.05) is 13.8 Å². The third kappa shape index (κ3) is 19.5. The molecule has 57 heavy (non-hydrogen) atoms. The number of nitrogens with two attached hydrogens (primary N) is 3. The number of carboxylic acids is 1. The van der Waals surface area contributed by atoms with Gasteiger partial charge < -0.3 is 69.6 Å². The minimum absolute atomic E-state index is 0.0948. The van der Waals surface area contributed by atoms with E-state index in [1.165, 1.54) is 26.4 Å². The first kappa shape index (κ1) is 49.8. The van der Waals surface area contributed by atoms with Gasteiger partial charge in [-0.15, -0.1) is 0 Å². The maximum atomic E-state index is 13.7. The highest BCUT2D eigenvalue weighted by Crippen LogP contribution is 2.09. The minimum Gasteiger partial charge on any atom is -0.480 e. The number of nitrogens with one attached hydrogen (secondary N) is 8. The van der Waals surface area contributed by atoms with Gasteiger partial charge in [-0.25, -0.2) is 4.98 Å². The number of aromatic nitrogens is 2. The van der Waals surface area contributed by atoms with Crippen molar-refractivity contribution in [2.24, 2.45) is 23.1 Å². The zero-order valence-electron chi connectivity index (χ0n) is 33.1. The van der Waals surface area contributed by atoms with Crippen molar-refractivity contribution in [3.63, 3.8) is 0 Å². The Hall–Kier alpha value is -5.19. The van der Waals surface area contributed by atoms with Gasteiger partial charge in [0.05, 0.1) is 19.5 Å². The lowest BCUT2D eigenvalue weighted by molar-refractivity contribution is -0.141. The second kappa shape index (κ2) is 26.6. The van der Waals surface area contributed by atoms with Crippen LogP contribution in [0.4, 0.5) is 0 Å². The summed E-state index contributed by atoms with van der Waals surface area (Å²) >= 11 is 0. The number of aliphatic hydroxyl groups is 1. The molecule has 1 aromatic heterocycles. The van der Waals surface area contributed by atoms with Gasteiger partial charge in [-0.05, 0) is 77.8 Å². The molecule has 0 fully saturated rings. The Morgan fingerprint density at radius 1 is 0.684 bits per heavy atom. The average molecular weight is 811 g/mol. The van der Waals surface area contributed by atoms with Gasteiger partial charge in [0.2, 0.25) is 41.4 Å². The van der Waals surface area contributed by atoms with Crippen molar-refractivity contribution in [2.45, 2.75) is 121 Å². The van der Waals surface area contributed by atoms with Gasteiger partial charge in [0.25, 0.3) is 0 Å². The Balaban J connectivity index is 3.09. The molecule has 22 nitrogen and oxygen atoms in total. The van der Waals surface area contributed by atoms with Crippen molar-refractivity contribution in [2.75, 3.05) is 26.2 Å². The van der Waals surface area contributed by atoms with Crippen LogP contribution in [0.2, 0.25) is 0 Å². The molecule has 7 amide bonds. The van der Waals surface area contributed by atoms with E-state index >= 15 is 0 Å². The molecule has 7 atom stereocenters. The van der Waals surface area contributed by atoms with Gasteiger partial charge >= 0.3 is 5.97 Å². The number of rotatable bonds is 28. The number of amides is 7. The van der Waals surface area contributed by atoms with E-state index in [4.69, 9.17) is 22.3 Å². The number of aliphatic carboxylic acids is 1. The van der Waals surface area contributed by atoms with Crippen LogP contribution in [-0.4, -0.2) is 136 Å². The normalized spacial score (nSPS) is 14.8. The number of hydrogen-bond acceptors (Lipinski definition) is 13. The lowest BCUT2D eigenvalue weighted by Crippen LogP contribution is -2.59. The van der Waals surface area contributed by atoms with E-state index in [-0.39, 0.29) is 31.6 Å². The number of aromatic amines is 1. The van der Waals surface area contributed by atoms with E-state index in [2.05, 4.69) is 47.2 Å². The van der Waals surface area contributed by atoms with Crippen molar-refractivity contribution in [1.29, 1.82) is 0 Å². The van der Waals surface area contributed by atoms with Gasteiger partial charge in [-0.2, -0.15) is 0 Å². The lowest BCUT2D eigenvalue weighted by atomic mass is 10.0. The fourth-order valence-electron chi connectivity index (χ4n) is 5.27. The average Bonchev–Trinajstić information content (AvgIpc) is 3.68. The molecule has 0 aliphatic carbocycles. The Labute approximate surface area is 331 Å². The van der Waals surface area contributed by atoms with Crippen LogP contribution in [0.3, 0.4) is 0 Å². The number of H-pyrrole nitrogens is 1. The molecule has 0 aliphatic heterocycles. The van der Waals surface area contributed by atoms with Crippen molar-refractivity contribution in [3.05, 3.63) is 18.2 Å². The van der Waals surface area contributed by atoms with Crippen LogP contribution in [0, 0.1) is 5.92 Å². The third-order valence-electron chi connectivity index (χ3n) is 8.57. The zero-order valence-corrected chi connectivity index (χ0v) is 33.1. The Morgan fingerprint density at radius 3 is 1.72 bits per heavy atom. The van der Waals surface area contributed by atoms with Crippen LogP contribution < -0.4 is 54.4 Å². The molecule has 0 saturated heterocycles. The zero-order chi connectivity index (χ0) is 43.1. The molecular weight excluding hydrogens is 748 g/mol. The van der Waals surface area contributed by atoms with Crippen LogP contribution in [-0.2, 0) is 44.8 Å². The molecule has 22 heteroatoms. The quantitative estimate of drug-likeness (QED) is 0.0357. The second-order valence-corrected chi connectivity index (χ2v) is 14.1. The highest BCUT2D eigenvalue weighted by Gasteiger charge is 2.31. The topological polar surface area (TPSA) is 368 Å². The summed E-state index contributed by atoms with van der Waals surface area (Å²) in [4.78, 5) is 110. The SMILES string of the molecule is CC(C)C[C@H](NC(=O)[C@H](C)NC(=O)[C@H](CCCCN)NC(=O)[C@@H](N)CO)C(=O)N[C@@H](Cc1cnc[nH]1)C(=O)NCC(=O)N[C@@H](CCCCN)C(=O)N[C@@H](C)C(=O)O. The van der Waals surface area contributed by atoms with E-state index in [0.717, 1.165) is 0 Å². The molecule has 0 radical (unpaired) electrons. The van der Waals surface area contributed by atoms with Crippen LogP contribution in [0.25, 0.3) is 0 Å². The van der Waals surface area contributed by atoms with Crippen molar-refractivity contribution >= 4 is 47.3 Å². The Kier molecular flexibility index (Phi) is 23.3. The number of unbranched alkanes of at least 4 members (excludes halogenated alkanes) is 2. The van der Waals surface area contributed by atoms with E-state index < -0.39 is 103 Å². The molecule has 1 heterocycles. The molecule has 0 spiro atoms. The summed E-state index contributed by atoms with van der Waals surface area (Å²) in [5, 5.41) is 35.9. The Morgan fingerprint density at radius 2 is 1.21 bits per heavy atom. The predicted octanol–water partition coefficient (Wildman–Crippen LogP) is -4.27. The summed E-state index contributed by atoms with van der Waals surface area (Å²) in [5.74, 6) is -6.60. The van der Waals surface area contributed by atoms with Crippen LogP contribution >= 0.6 is 0 Å². The molecule has 1 rings (SSSR count). The summed E-state index contributed by atoms with van der Waals surface area (Å²) in [6.07, 6.45) is 5.20. The molecule has 0 unspecified atom stereocenters. The molecule has 0 bridgehead atoms. The Bertz CT molecular complexity index is 1460. The summed E-state index contributed by atoms with van der Waals surface area (Å²) < 4.78 is 0. The maximum Gasteiger partial charge on any atom is 0.325 e. The summed E-state index contributed by atoms with van der Waals surface area (Å²) in [5.41, 5.74) is 17.1. The van der Waals surface area contributed by atoms with Crippen molar-refractivity contribution in [1.82, 2.24) is 47.2 Å². The highest BCUT2D eigenvalue weighted by molar-refractivity contribution is 5.96. The molecule has 0 saturated carbocycles. The second-order valence-electron chi connectivity index (χ2n) is 14.1. The van der Waals surface area contributed by atoms with Crippen molar-refractivity contribution in [3.8, 4) is 0 Å². The minimum atomic E-state index is -1.28. The first-order valence-electron chi connectivity index (χ1n) is 19.0. The first-order chi connectivity index (χ1) is 26.9. The van der Waals surface area contributed by atoms with Gasteiger partial charge in [-0.3, -0.25) is 38.4 Å². The van der Waals surface area contributed by atoms with Gasteiger partial charge in [0, 0.05) is 18.3 Å². The number of aliphatic hydroxyl groups excluding tert-OH is 1. The fourth-order valence-corrected chi connectivity index (χ4v) is 5.27. The van der Waals surface area contributed by atoms with Crippen LogP contribution in [0.1, 0.15) is 78.3 Å². The molecule has 0 aromatic carbocycles. The van der Waals surface area contributed by atoms with E-state index in [0.29, 0.717) is 44.5 Å². The lowest BCUT2D eigenvalue weighted by Gasteiger charge is -2.26. The number of carbonyl (C=O) groups excluding carboxylic acids is 7. The predicted molar refractivity (Wildman–Crippen MR) is 206 cm³/mol. The van der Waals surface area contributed by atoms with Crippen molar-refractivity contribution < 1.29 is 48.6 Å². The smallest absolute Gasteiger partial charge is 0.325 e. The maximum absolute atomic E-state index is 13.7. The summed E-state index contributed by atoms with van der Waals surface area (Å²) in [7, 11) is 0. The van der Waals surface area contributed by atoms with Crippen LogP contribution in [0.15, 0.2) is 12.5 Å². The molecule has 0 aliphatic rings. The van der Waals surface area contributed by atoms with Crippen LogP contribution in [0.5, 0.6) is 0 Å². The monoisotopic (exact) mass is 810 g/mol. The fraction of sp³-hybridized carbons (Fsp3) is 0.686. The number of nitrogens with zero attached hydrogens (tertiary/aromatic N) is 1. The molecule has 322 valence electrons. The molecule has 16 N–H and O–H groups in total. The first-order valence-corrected chi connectivity index (χ1v) is 19.0. The largest absolute Gasteiger partial charge is 0.480 e. The van der Waals surface area contributed by atoms with E-state index in [1.807, 2.05) is 13.8 Å². The number of hydrogen-bond donors (Lipinski definition) is 13. The molecule has 1 aromatic rings. The van der Waals surface area contributed by atoms with Gasteiger partial charge in [0.1, 0.15) is 42.3 Å². The number of carbonyl (C=O) groups is 8. The number of carboxylic acid groups (broad SMARTS) is 1. The summed E-state index contributed by atoms with van der Waals surface area (Å²) in [6, 6.07) is -8.32. The standard InChI is InChI=1S/C35H62N12O10/c1-19(2)13-26(46-29(50)20(3)42-33(54)25(10-6-8-12-37)45-30(51)23(38)17-48)34(55)47-27(14-22-15-39-18-41-22)31(52)40-16-28(49)44-24(9-5-7-11-36)32(53)43-21(4)35(56)57/h15,18-21,23-27,48H,5-14,16-17,36-38H2,1-4H3,(H,39,41)(H,40,52)(H,42,54)(H,43,53)(H,44,49)(H,45,51)(H,46,50)(H,47,55)(H,56,57)/t20-,21-,23-,24-,25-,26-,27-/m0/s1. The van der Waals surface area contributed by atoms with Gasteiger partial charge in [0.15, 0.2) is 0 Å².